The Labute approximate surface area is 119 Å². The molecule has 0 bridgehead atoms. The first-order chi connectivity index (χ1) is 9.08. The summed E-state index contributed by atoms with van der Waals surface area (Å²) in [4.78, 5) is 16.6. The second-order valence-corrected chi connectivity index (χ2v) is 6.49. The van der Waals surface area contributed by atoms with Crippen molar-refractivity contribution in [2.24, 2.45) is 0 Å². The predicted octanol–water partition coefficient (Wildman–Crippen LogP) is 3.86. The fraction of sp³-hybridized carbons (Fsp3) is 0.385. The van der Waals surface area contributed by atoms with Crippen molar-refractivity contribution in [1.82, 2.24) is 9.55 Å². The van der Waals surface area contributed by atoms with Crippen LogP contribution in [-0.4, -0.2) is 20.6 Å². The lowest BCUT2D eigenvalue weighted by Gasteiger charge is -2.22. The lowest BCUT2D eigenvalue weighted by Crippen LogP contribution is -2.16. The van der Waals surface area contributed by atoms with Gasteiger partial charge in [-0.3, -0.25) is 0 Å². The van der Waals surface area contributed by atoms with Gasteiger partial charge >= 0.3 is 5.97 Å². The molecule has 0 aliphatic carbocycles. The van der Waals surface area contributed by atoms with Crippen LogP contribution in [0.1, 0.15) is 41.9 Å². The molecule has 3 rings (SSSR count). The van der Waals surface area contributed by atoms with Crippen LogP contribution in [0.3, 0.4) is 0 Å². The summed E-state index contributed by atoms with van der Waals surface area (Å²) in [7, 11) is 0. The van der Waals surface area contributed by atoms with E-state index in [2.05, 4.69) is 11.9 Å². The molecule has 0 saturated carbocycles. The molecule has 0 saturated heterocycles. The van der Waals surface area contributed by atoms with Gasteiger partial charge in [-0.25, -0.2) is 9.78 Å². The first-order valence-electron chi connectivity index (χ1n) is 6.17. The maximum Gasteiger partial charge on any atom is 0.356 e. The van der Waals surface area contributed by atoms with Gasteiger partial charge in [0.1, 0.15) is 0 Å². The third-order valence-electron chi connectivity index (χ3n) is 3.49. The zero-order chi connectivity index (χ0) is 13.6. The Hall–Kier alpha value is -1.33. The van der Waals surface area contributed by atoms with Crippen LogP contribution >= 0.6 is 22.9 Å². The minimum atomic E-state index is -0.952. The molecule has 6 heteroatoms. The first-order valence-corrected chi connectivity index (χ1v) is 7.37. The highest BCUT2D eigenvalue weighted by molar-refractivity contribution is 7.19. The zero-order valence-electron chi connectivity index (χ0n) is 10.4. The highest BCUT2D eigenvalue weighted by Crippen LogP contribution is 2.37. The molecule has 1 N–H and O–H groups in total. The van der Waals surface area contributed by atoms with Gasteiger partial charge in [0.2, 0.25) is 0 Å². The SMILES string of the molecule is CC1CCCn2c(-c3ccc(Cl)s3)nc(C(=O)O)c21. The van der Waals surface area contributed by atoms with Crippen molar-refractivity contribution in [2.45, 2.75) is 32.2 Å². The van der Waals surface area contributed by atoms with Gasteiger partial charge < -0.3 is 9.67 Å². The number of hydrogen-bond donors (Lipinski definition) is 1. The predicted molar refractivity (Wildman–Crippen MR) is 75.2 cm³/mol. The summed E-state index contributed by atoms with van der Waals surface area (Å²) in [5.74, 6) is 0.0128. The second-order valence-electron chi connectivity index (χ2n) is 4.77. The summed E-state index contributed by atoms with van der Waals surface area (Å²) in [5, 5.41) is 9.33. The van der Waals surface area contributed by atoms with Crippen LogP contribution in [0.15, 0.2) is 12.1 Å². The number of aromatic nitrogens is 2. The van der Waals surface area contributed by atoms with Crippen molar-refractivity contribution < 1.29 is 9.90 Å². The lowest BCUT2D eigenvalue weighted by molar-refractivity contribution is 0.0688. The summed E-state index contributed by atoms with van der Waals surface area (Å²) < 4.78 is 2.73. The molecule has 2 aromatic heterocycles. The quantitative estimate of drug-likeness (QED) is 0.915. The molecule has 1 atom stereocenters. The largest absolute Gasteiger partial charge is 0.476 e. The third kappa shape index (κ3) is 2.07. The topological polar surface area (TPSA) is 55.1 Å². The van der Waals surface area contributed by atoms with Crippen molar-refractivity contribution in [3.05, 3.63) is 27.9 Å². The van der Waals surface area contributed by atoms with E-state index >= 15 is 0 Å². The summed E-state index contributed by atoms with van der Waals surface area (Å²) in [6.45, 7) is 2.88. The molecule has 100 valence electrons. The molecule has 4 nitrogen and oxygen atoms in total. The average Bonchev–Trinajstić information content (AvgIpc) is 2.93. The van der Waals surface area contributed by atoms with Gasteiger partial charge in [-0.1, -0.05) is 18.5 Å². The monoisotopic (exact) mass is 296 g/mol. The number of thiophene rings is 1. The zero-order valence-corrected chi connectivity index (χ0v) is 12.0. The molecular formula is C13H13ClN2O2S. The smallest absolute Gasteiger partial charge is 0.356 e. The summed E-state index contributed by atoms with van der Waals surface area (Å²) >= 11 is 7.39. The maximum atomic E-state index is 11.4. The van der Waals surface area contributed by atoms with Crippen molar-refractivity contribution in [3.63, 3.8) is 0 Å². The third-order valence-corrected chi connectivity index (χ3v) is 4.72. The van der Waals surface area contributed by atoms with Gasteiger partial charge in [0, 0.05) is 6.54 Å². The number of aromatic carboxylic acids is 1. The van der Waals surface area contributed by atoms with E-state index in [0.717, 1.165) is 35.8 Å². The molecule has 1 aliphatic rings. The standard InChI is InChI=1S/C13H13ClN2O2S/c1-7-3-2-6-16-11(7)10(13(17)18)15-12(16)8-4-5-9(14)19-8/h4-5,7H,2-3,6H2,1H3,(H,17,18). The van der Waals surface area contributed by atoms with Crippen LogP contribution in [-0.2, 0) is 6.54 Å². The number of hydrogen-bond acceptors (Lipinski definition) is 3. The summed E-state index contributed by atoms with van der Waals surface area (Å²) in [6, 6.07) is 3.71. The van der Waals surface area contributed by atoms with Crippen LogP contribution < -0.4 is 0 Å². The number of halogens is 1. The van der Waals surface area contributed by atoms with E-state index in [9.17, 15) is 9.90 Å². The molecule has 2 aromatic rings. The van der Waals surface area contributed by atoms with Crippen molar-refractivity contribution in [3.8, 4) is 10.7 Å². The molecule has 0 spiro atoms. The van der Waals surface area contributed by atoms with E-state index in [1.165, 1.54) is 11.3 Å². The lowest BCUT2D eigenvalue weighted by atomic mass is 9.96. The molecule has 19 heavy (non-hydrogen) atoms. The summed E-state index contributed by atoms with van der Waals surface area (Å²) in [5.41, 5.74) is 1.03. The highest BCUT2D eigenvalue weighted by atomic mass is 35.5. The molecule has 0 fully saturated rings. The number of fused-ring (bicyclic) bond motifs is 1. The molecule has 0 radical (unpaired) electrons. The molecule has 0 amide bonds. The van der Waals surface area contributed by atoms with Crippen LogP contribution in [0.2, 0.25) is 4.34 Å². The maximum absolute atomic E-state index is 11.4. The number of carbonyl (C=O) groups is 1. The van der Waals surface area contributed by atoms with Gasteiger partial charge in [-0.05, 0) is 30.9 Å². The molecule has 0 aromatic carbocycles. The van der Waals surface area contributed by atoms with E-state index in [4.69, 9.17) is 11.6 Å². The molecule has 1 unspecified atom stereocenters. The second kappa shape index (κ2) is 4.65. The van der Waals surface area contributed by atoms with E-state index in [-0.39, 0.29) is 11.6 Å². The summed E-state index contributed by atoms with van der Waals surface area (Å²) in [6.07, 6.45) is 2.06. The number of carboxylic acid groups (broad SMARTS) is 1. The highest BCUT2D eigenvalue weighted by Gasteiger charge is 2.29. The molecule has 3 heterocycles. The van der Waals surface area contributed by atoms with E-state index < -0.39 is 5.97 Å². The molecular weight excluding hydrogens is 284 g/mol. The Morgan fingerprint density at radius 2 is 2.37 bits per heavy atom. The van der Waals surface area contributed by atoms with Crippen molar-refractivity contribution in [2.75, 3.05) is 0 Å². The number of carboxylic acids is 1. The average molecular weight is 297 g/mol. The van der Waals surface area contributed by atoms with Crippen LogP contribution in [0.5, 0.6) is 0 Å². The van der Waals surface area contributed by atoms with Crippen LogP contribution in [0.4, 0.5) is 0 Å². The minimum Gasteiger partial charge on any atom is -0.476 e. The molecule has 1 aliphatic heterocycles. The van der Waals surface area contributed by atoms with E-state index in [1.807, 2.05) is 16.7 Å². The van der Waals surface area contributed by atoms with Crippen LogP contribution in [0, 0.1) is 0 Å². The Balaban J connectivity index is 2.21. The Morgan fingerprint density at radius 1 is 1.58 bits per heavy atom. The van der Waals surface area contributed by atoms with Gasteiger partial charge in [0.25, 0.3) is 0 Å². The number of rotatable bonds is 2. The van der Waals surface area contributed by atoms with E-state index in [0.29, 0.717) is 4.34 Å². The fourth-order valence-electron chi connectivity index (χ4n) is 2.66. The van der Waals surface area contributed by atoms with Gasteiger partial charge in [-0.15, -0.1) is 11.3 Å². The first kappa shape index (κ1) is 12.7. The van der Waals surface area contributed by atoms with Gasteiger partial charge in [-0.2, -0.15) is 0 Å². The Bertz CT molecular complexity index is 647. The normalized spacial score (nSPS) is 18.3. The fourth-order valence-corrected chi connectivity index (χ4v) is 3.71. The minimum absolute atomic E-state index is 0.187. The van der Waals surface area contributed by atoms with Gasteiger partial charge in [0.15, 0.2) is 11.5 Å². The van der Waals surface area contributed by atoms with Crippen LogP contribution in [0.25, 0.3) is 10.7 Å². The number of imidazole rings is 1. The Kier molecular flexibility index (Phi) is 3.11. The Morgan fingerprint density at radius 3 is 3.00 bits per heavy atom. The van der Waals surface area contributed by atoms with E-state index in [1.54, 1.807) is 0 Å². The van der Waals surface area contributed by atoms with Crippen molar-refractivity contribution in [1.29, 1.82) is 0 Å². The van der Waals surface area contributed by atoms with Crippen molar-refractivity contribution >= 4 is 28.9 Å². The number of nitrogens with zero attached hydrogens (tertiary/aromatic N) is 2. The van der Waals surface area contributed by atoms with Gasteiger partial charge in [0.05, 0.1) is 14.9 Å².